The number of hydrogen-bond acceptors (Lipinski definition) is 12. The average Bonchev–Trinajstić information content (AvgIpc) is 2.99. The summed E-state index contributed by atoms with van der Waals surface area (Å²) in [7, 11) is 5.43. The maximum Gasteiger partial charge on any atom is 0.259 e. The highest BCUT2D eigenvalue weighted by Crippen LogP contribution is 2.62. The normalized spacial score (nSPS) is 29.1. The van der Waals surface area contributed by atoms with E-state index < -0.39 is 53.3 Å². The third kappa shape index (κ3) is 3.32. The Kier molecular flexibility index (Phi) is 6.15. The zero-order valence-electron chi connectivity index (χ0n) is 23.2. The van der Waals surface area contributed by atoms with Gasteiger partial charge in [0.15, 0.2) is 46.9 Å². The molecule has 4 aliphatic rings. The Hall–Kier alpha value is -3.69. The number of likely N-dealkylation sites (N-methyl/N-ethyl adjacent to an activating group) is 1. The second kappa shape index (κ2) is 9.40. The van der Waals surface area contributed by atoms with Crippen molar-refractivity contribution in [2.45, 2.75) is 36.2 Å². The summed E-state index contributed by atoms with van der Waals surface area (Å²) in [6.45, 7) is -0.354. The van der Waals surface area contributed by atoms with Crippen molar-refractivity contribution in [2.75, 3.05) is 35.2 Å². The van der Waals surface area contributed by atoms with Crippen LogP contribution in [0.5, 0.6) is 11.5 Å². The zero-order valence-corrected chi connectivity index (χ0v) is 24.0. The Morgan fingerprint density at radius 2 is 1.86 bits per heavy atom. The van der Waals surface area contributed by atoms with Crippen molar-refractivity contribution in [1.29, 1.82) is 0 Å². The van der Waals surface area contributed by atoms with Gasteiger partial charge >= 0.3 is 0 Å². The van der Waals surface area contributed by atoms with Crippen LogP contribution in [0.1, 0.15) is 56.7 Å². The molecule has 0 bridgehead atoms. The highest BCUT2D eigenvalue weighted by Gasteiger charge is 2.62. The molecule has 2 aromatic carbocycles. The fourth-order valence-electron chi connectivity index (χ4n) is 6.88. The van der Waals surface area contributed by atoms with Crippen LogP contribution in [0.15, 0.2) is 33.0 Å². The summed E-state index contributed by atoms with van der Waals surface area (Å²) < 4.78 is 34.3. The van der Waals surface area contributed by atoms with E-state index in [1.165, 1.54) is 46.6 Å². The van der Waals surface area contributed by atoms with Crippen molar-refractivity contribution in [1.82, 2.24) is 4.90 Å². The molecule has 0 fully saturated rings. The number of halogens is 1. The second-order valence-corrected chi connectivity index (χ2v) is 11.1. The monoisotopic (exact) mass is 639 g/mol. The molecule has 13 nitrogen and oxygen atoms in total. The minimum absolute atomic E-state index is 0.00121. The smallest absolute Gasteiger partial charge is 0.259 e. The molecule has 4 N–H and O–H groups in total. The summed E-state index contributed by atoms with van der Waals surface area (Å²) in [6, 6.07) is 4.23. The number of benzene rings is 2. The van der Waals surface area contributed by atoms with Crippen LogP contribution in [0.3, 0.4) is 0 Å². The highest BCUT2D eigenvalue weighted by atomic mass is 35.5. The maximum atomic E-state index is 14.0. The minimum atomic E-state index is -2.57. The molecule has 2 aliphatic heterocycles. The molecule has 3 aromatic rings. The van der Waals surface area contributed by atoms with Gasteiger partial charge in [-0.3, -0.25) is 9.59 Å². The van der Waals surface area contributed by atoms with E-state index in [0.717, 1.165) is 4.90 Å². The molecule has 14 heteroatoms. The SMILES string of the molecule is CO[13c]1[13c](Cl)[13cH][13cH][13c]2[13c](=O)[13c]3[13c](o[13c]12)[13C]1=[13C]2[13C@H](OCO1)[13C@H](OC)[13c]1[13cH][13c]4[13c]([13c](O)[13c]1[13C]2(O)[13CH]3O)[13C](=O)N(C)[13C@@H](OC)[13C@H]4O. The molecule has 1 amide bonds. The van der Waals surface area contributed by atoms with Gasteiger partial charge in [0.25, 0.3) is 5.91 Å². The number of aromatic hydroxyl groups is 1. The second-order valence-electron chi connectivity index (χ2n) is 10.7. The average molecular weight is 640 g/mol. The molecule has 0 saturated heterocycles. The fourth-order valence-corrected chi connectivity index (χ4v) is 7.11. The summed E-state index contributed by atoms with van der Waals surface area (Å²) in [4.78, 5) is 28.5. The molecule has 7 rings (SSSR count). The first-order chi connectivity index (χ1) is 20.5. The van der Waals surface area contributed by atoms with E-state index in [4.69, 9.17) is 39.7 Å². The molecule has 3 heterocycles. The number of amides is 1. The number of fused-ring (bicyclic) bond motifs is 6. The van der Waals surface area contributed by atoms with Gasteiger partial charge in [-0.1, -0.05) is 11.6 Å². The van der Waals surface area contributed by atoms with Crippen molar-refractivity contribution >= 4 is 34.2 Å². The third-order valence-corrected chi connectivity index (χ3v) is 9.09. The van der Waals surface area contributed by atoms with E-state index in [2.05, 4.69) is 0 Å². The molecule has 0 saturated carbocycles. The zero-order chi connectivity index (χ0) is 30.7. The maximum absolute atomic E-state index is 14.0. The Morgan fingerprint density at radius 1 is 1.12 bits per heavy atom. The van der Waals surface area contributed by atoms with E-state index in [9.17, 15) is 30.0 Å². The Bertz CT molecular complexity index is 1830. The first kappa shape index (κ1) is 28.1. The third-order valence-electron chi connectivity index (χ3n) is 8.80. The van der Waals surface area contributed by atoms with E-state index in [0.29, 0.717) is 0 Å². The number of carbonyl (C=O) groups is 1. The lowest BCUT2D eigenvalue weighted by Gasteiger charge is -2.51. The van der Waals surface area contributed by atoms with Crippen molar-refractivity contribution in [2.24, 2.45) is 0 Å². The lowest BCUT2D eigenvalue weighted by atomic mass is 10.6. The van der Waals surface area contributed by atoms with Gasteiger partial charge in [-0.2, -0.15) is 0 Å². The van der Waals surface area contributed by atoms with E-state index in [1.54, 1.807) is 0 Å². The molecule has 226 valence electrons. The summed E-state index contributed by atoms with van der Waals surface area (Å²) >= 11 is 6.28. The lowest BCUT2D eigenvalue weighted by molar-refractivity contribution is -0.158. The van der Waals surface area contributed by atoms with Gasteiger partial charge in [-0.05, 0) is 23.8 Å². The van der Waals surface area contributed by atoms with Gasteiger partial charge in [-0.15, -0.1) is 0 Å². The molecule has 6 atom stereocenters. The molecule has 2 aliphatic carbocycles. The number of hydrogen-bond donors (Lipinski definition) is 4. The number of nitrogens with zero attached hydrogens (tertiary/aromatic N) is 1. The largest absolute Gasteiger partial charge is 0.507 e. The number of carbonyl (C=O) groups excluding carboxylic acids is 1. The Labute approximate surface area is 248 Å². The molecular formula is C29H26ClNO12. The predicted molar refractivity (Wildman–Crippen MR) is 146 cm³/mol. The Balaban J connectivity index is 1.59. The molecule has 43 heavy (non-hydrogen) atoms. The van der Waals surface area contributed by atoms with E-state index in [-0.39, 0.29) is 73.4 Å². The summed E-state index contributed by atoms with van der Waals surface area (Å²) in [5.74, 6) is -1.67. The predicted octanol–water partition coefficient (Wildman–Crippen LogP) is 1.97. The summed E-state index contributed by atoms with van der Waals surface area (Å²) in [5, 5.41) is 47.6. The number of phenolic OH excluding ortho intramolecular Hbond substituents is 1. The first-order valence-corrected chi connectivity index (χ1v) is 13.5. The topological polar surface area (TPSA) is 178 Å². The van der Waals surface area contributed by atoms with Gasteiger partial charge in [0.2, 0.25) is 0 Å². The van der Waals surface area contributed by atoms with Crippen LogP contribution in [0, 0.1) is 0 Å². The number of ether oxygens (including phenoxy) is 5. The number of aliphatic hydroxyl groups excluding tert-OH is 2. The highest BCUT2D eigenvalue weighted by molar-refractivity contribution is 6.33. The Morgan fingerprint density at radius 3 is 2.53 bits per heavy atom. The number of aliphatic hydroxyl groups is 3. The van der Waals surface area contributed by atoms with Gasteiger partial charge in [0.05, 0.1) is 28.6 Å². The quantitative estimate of drug-likeness (QED) is 0.307. The van der Waals surface area contributed by atoms with Crippen LogP contribution in [-0.4, -0.2) is 78.7 Å². The van der Waals surface area contributed by atoms with Crippen molar-refractivity contribution in [3.63, 3.8) is 0 Å². The van der Waals surface area contributed by atoms with Crippen LogP contribution in [-0.2, 0) is 24.5 Å². The van der Waals surface area contributed by atoms with Crippen LogP contribution in [0.25, 0.3) is 16.7 Å². The van der Waals surface area contributed by atoms with Crippen molar-refractivity contribution in [3.05, 3.63) is 72.6 Å². The van der Waals surface area contributed by atoms with Crippen molar-refractivity contribution < 1.29 is 53.3 Å². The van der Waals surface area contributed by atoms with Crippen LogP contribution >= 0.6 is 11.6 Å². The van der Waals surface area contributed by atoms with Gasteiger partial charge < -0.3 is 53.4 Å². The lowest BCUT2D eigenvalue weighted by Crippen LogP contribution is -2.54. The van der Waals surface area contributed by atoms with E-state index in [1.807, 2.05) is 0 Å². The standard InChI is InChI=1S/C29H26ClNO12/c1-31-27(36)13-10(18(33)28(31)40-4)7-11-15(19(13)34)29(37)16-24(20(11)38-2)41-8-42-25(16)23-14(26(29)35)17(32)9-5-6-12(30)22(39-3)21(9)43-23/h5-7,18,20,24,26,28,33-35,37H,8H2,1-4H3/t18-,20+,24-,26?,28-,29?/m0/s1/i5+1,6+1,7+1,9+1,10+1,11+1,12+1,13+1,14+1,15+1,16+1,17+1,18+1,19+1,20+1,21+1,22+1,23+1,24+1,25+1,26+1,27+1,28+1,29+1. The van der Waals surface area contributed by atoms with Crippen LogP contribution in [0.4, 0.5) is 0 Å². The molecule has 0 radical (unpaired) electrons. The first-order valence-electron chi connectivity index (χ1n) is 13.2. The van der Waals surface area contributed by atoms with Crippen LogP contribution < -0.4 is 10.2 Å². The van der Waals surface area contributed by atoms with Gasteiger partial charge in [0, 0.05) is 38.0 Å². The number of rotatable bonds is 3. The number of methoxy groups -OCH3 is 3. The van der Waals surface area contributed by atoms with Crippen molar-refractivity contribution in [3.8, 4) is 11.5 Å². The molecular weight excluding hydrogens is 614 g/mol. The molecule has 0 spiro atoms. The van der Waals surface area contributed by atoms with Crippen LogP contribution in [0.2, 0.25) is 5.02 Å². The fraction of sp³-hybridized carbons (Fsp3) is 0.379. The van der Waals surface area contributed by atoms with E-state index >= 15 is 0 Å². The molecule has 1 aromatic heterocycles. The molecule has 2 unspecified atom stereocenters. The summed E-state index contributed by atoms with van der Waals surface area (Å²) in [6.07, 6.45) is -6.65. The van der Waals surface area contributed by atoms with Gasteiger partial charge in [-0.25, -0.2) is 0 Å². The minimum Gasteiger partial charge on any atom is -0.507 e. The van der Waals surface area contributed by atoms with Gasteiger partial charge in [0.1, 0.15) is 30.2 Å². The number of phenols is 1. The summed E-state index contributed by atoms with van der Waals surface area (Å²) in [5.41, 5.74) is -4.24.